The van der Waals surface area contributed by atoms with Crippen LogP contribution in [0.25, 0.3) is 32.9 Å². The Morgan fingerprint density at radius 3 is 2.16 bits per heavy atom. The van der Waals surface area contributed by atoms with Crippen LogP contribution in [0.15, 0.2) is 48.7 Å². The number of nitrogens with zero attached hydrogens (tertiary/aromatic N) is 9. The van der Waals surface area contributed by atoms with Crippen molar-refractivity contribution in [2.45, 2.75) is 186 Å². The molecule has 1 spiro atoms. The summed E-state index contributed by atoms with van der Waals surface area (Å²) in [6, 6.07) is 11.8. The summed E-state index contributed by atoms with van der Waals surface area (Å²) in [6.07, 6.45) is 12.9. The van der Waals surface area contributed by atoms with Gasteiger partial charge in [0.2, 0.25) is 5.91 Å². The molecule has 4 atom stereocenters. The number of anilines is 2. The van der Waals surface area contributed by atoms with Gasteiger partial charge in [0.25, 0.3) is 5.91 Å². The molecule has 5 aromatic rings. The van der Waals surface area contributed by atoms with E-state index in [9.17, 15) is 19.2 Å². The maximum Gasteiger partial charge on any atom is 0.410 e. The number of imide groups is 1. The van der Waals surface area contributed by atoms with Gasteiger partial charge >= 0.3 is 18.1 Å². The highest BCUT2D eigenvalue weighted by Gasteiger charge is 2.52. The van der Waals surface area contributed by atoms with Crippen LogP contribution < -0.4 is 24.6 Å². The highest BCUT2D eigenvalue weighted by molar-refractivity contribution is 6.90. The zero-order chi connectivity index (χ0) is 67.0. The molecule has 8 fully saturated rings. The molecule has 2 aliphatic carbocycles. The van der Waals surface area contributed by atoms with Crippen LogP contribution >= 0.6 is 11.6 Å². The first-order valence-electron chi connectivity index (χ1n) is 34.7. The molecule has 8 heterocycles. The minimum absolute atomic E-state index is 0.0219. The van der Waals surface area contributed by atoms with Crippen molar-refractivity contribution in [3.05, 3.63) is 76.4 Å². The van der Waals surface area contributed by atoms with Gasteiger partial charge in [0.05, 0.1) is 40.4 Å². The molecule has 0 radical (unpaired) electrons. The van der Waals surface area contributed by atoms with Crippen molar-refractivity contribution < 1.29 is 46.9 Å². The molecule has 95 heavy (non-hydrogen) atoms. The second-order valence-electron chi connectivity index (χ2n) is 30.8. The second-order valence-corrected chi connectivity index (χ2v) is 36.7. The topological polar surface area (TPSA) is 175 Å². The summed E-state index contributed by atoms with van der Waals surface area (Å²) in [5.41, 5.74) is 5.47. The van der Waals surface area contributed by atoms with Crippen LogP contribution in [0.2, 0.25) is 21.6 Å². The molecule has 2 saturated carbocycles. The molecule has 6 saturated heterocycles. The molecular weight excluding hydrogens is 1250 g/mol. The van der Waals surface area contributed by atoms with Crippen molar-refractivity contribution in [2.75, 3.05) is 89.2 Å². The Kier molecular flexibility index (Phi) is 18.5. The highest BCUT2D eigenvalue weighted by atomic mass is 35.5. The fraction of sp³-hybridized carbons (Fsp3) is 0.603. The Morgan fingerprint density at radius 2 is 1.52 bits per heavy atom. The van der Waals surface area contributed by atoms with Gasteiger partial charge < -0.3 is 28.7 Å². The largest absolute Gasteiger partial charge is 0.468 e. The van der Waals surface area contributed by atoms with E-state index in [0.29, 0.717) is 117 Å². The van der Waals surface area contributed by atoms with E-state index >= 15 is 8.78 Å². The van der Waals surface area contributed by atoms with E-state index in [2.05, 4.69) is 73.0 Å². The number of piperazine rings is 2. The second kappa shape index (κ2) is 26.3. The molecule has 2 aromatic heterocycles. The molecule has 508 valence electrons. The third kappa shape index (κ3) is 13.2. The molecule has 6 aliphatic heterocycles. The first-order valence-corrected chi connectivity index (χ1v) is 37.3. The number of carbonyl (C=O) groups is 4. The first kappa shape index (κ1) is 66.9. The van der Waals surface area contributed by atoms with Crippen LogP contribution in [-0.4, -0.2) is 176 Å². The number of likely N-dealkylation sites (tertiary alicyclic amines) is 3. The van der Waals surface area contributed by atoms with Crippen molar-refractivity contribution >= 4 is 76.8 Å². The maximum absolute atomic E-state index is 18.4. The van der Waals surface area contributed by atoms with E-state index in [4.69, 9.17) is 45.5 Å². The average molecular weight is 1340 g/mol. The average Bonchev–Trinajstić information content (AvgIpc) is 1.24. The summed E-state index contributed by atoms with van der Waals surface area (Å²) in [6.45, 7) is 25.8. The number of piperidine rings is 1. The first-order chi connectivity index (χ1) is 45.3. The molecule has 22 heteroatoms. The fourth-order valence-electron chi connectivity index (χ4n) is 17.5. The van der Waals surface area contributed by atoms with E-state index < -0.39 is 31.3 Å². The maximum atomic E-state index is 18.4. The van der Waals surface area contributed by atoms with E-state index in [1.54, 1.807) is 42.6 Å². The summed E-state index contributed by atoms with van der Waals surface area (Å²) in [5, 5.41) is 4.13. The van der Waals surface area contributed by atoms with Gasteiger partial charge in [-0.2, -0.15) is 9.97 Å². The predicted octanol–water partition coefficient (Wildman–Crippen LogP) is 13.4. The van der Waals surface area contributed by atoms with Gasteiger partial charge in [-0.1, -0.05) is 65.1 Å². The van der Waals surface area contributed by atoms with Gasteiger partial charge in [0, 0.05) is 113 Å². The molecule has 8 aliphatic rings. The lowest BCUT2D eigenvalue weighted by Crippen LogP contribution is -2.57. The Balaban J connectivity index is 0.706. The Bertz CT molecular complexity index is 3840. The summed E-state index contributed by atoms with van der Waals surface area (Å²) in [7, 11) is -0.832. The van der Waals surface area contributed by atoms with Crippen LogP contribution in [0.1, 0.15) is 155 Å². The number of urea groups is 1. The number of nitrogens with one attached hydrogen (secondary N) is 1. The lowest BCUT2D eigenvalue weighted by molar-refractivity contribution is -0.120. The molecule has 4 bridgehead atoms. The fourth-order valence-corrected chi connectivity index (χ4v) is 22.9. The van der Waals surface area contributed by atoms with Gasteiger partial charge in [0.1, 0.15) is 42.3 Å². The molecule has 13 rings (SSSR count). The smallest absolute Gasteiger partial charge is 0.410 e. The number of aromatic nitrogens is 3. The van der Waals surface area contributed by atoms with Crippen molar-refractivity contribution in [3.63, 3.8) is 0 Å². The number of carbonyl (C=O) groups excluding carboxylic acids is 4. The number of methoxy groups -OCH3 is 1. The molecule has 1 N–H and O–H groups in total. The van der Waals surface area contributed by atoms with Crippen LogP contribution in [0.4, 0.5) is 29.9 Å². The normalized spacial score (nSPS) is 23.0. The summed E-state index contributed by atoms with van der Waals surface area (Å²) < 4.78 is 59.1. The number of amides is 5. The van der Waals surface area contributed by atoms with Gasteiger partial charge in [-0.3, -0.25) is 39.5 Å². The van der Waals surface area contributed by atoms with Gasteiger partial charge in [0.15, 0.2) is 12.6 Å². The highest BCUT2D eigenvalue weighted by Crippen LogP contribution is 2.51. The number of ether oxygens (including phenoxy) is 4. The molecular formula is C73H93ClF2N10O8Si. The van der Waals surface area contributed by atoms with Crippen LogP contribution in [0.3, 0.4) is 0 Å². The van der Waals surface area contributed by atoms with Crippen LogP contribution in [0, 0.1) is 39.8 Å². The summed E-state index contributed by atoms with van der Waals surface area (Å²) in [5.74, 6) is 3.29. The molecule has 4 unspecified atom stereocenters. The van der Waals surface area contributed by atoms with Gasteiger partial charge in [-0.15, -0.1) is 5.54 Å². The number of hydrogen-bond acceptors (Lipinski definition) is 14. The molecule has 3 aromatic carbocycles. The van der Waals surface area contributed by atoms with E-state index in [-0.39, 0.29) is 83.4 Å². The van der Waals surface area contributed by atoms with Crippen LogP contribution in [0.5, 0.6) is 11.8 Å². The lowest BCUT2D eigenvalue weighted by Gasteiger charge is -2.47. The Hall–Kier alpha value is -6.70. The molecule has 5 amide bonds. The minimum Gasteiger partial charge on any atom is -0.468 e. The van der Waals surface area contributed by atoms with Gasteiger partial charge in [-0.05, 0) is 161 Å². The Labute approximate surface area is 563 Å². The van der Waals surface area contributed by atoms with Crippen molar-refractivity contribution in [2.24, 2.45) is 16.7 Å². The van der Waals surface area contributed by atoms with Gasteiger partial charge in [-0.25, -0.2) is 18.4 Å². The summed E-state index contributed by atoms with van der Waals surface area (Å²) >= 11 is 6.51. The third-order valence-corrected chi connectivity index (χ3v) is 29.3. The van der Waals surface area contributed by atoms with Crippen molar-refractivity contribution in [1.29, 1.82) is 0 Å². The molecule has 18 nitrogen and oxygen atoms in total. The third-order valence-electron chi connectivity index (χ3n) is 22.7. The zero-order valence-corrected chi connectivity index (χ0v) is 58.7. The monoisotopic (exact) mass is 1340 g/mol. The number of halogens is 3. The zero-order valence-electron chi connectivity index (χ0n) is 56.9. The Morgan fingerprint density at radius 1 is 0.821 bits per heavy atom. The van der Waals surface area contributed by atoms with Crippen LogP contribution in [-0.2, 0) is 14.3 Å². The quantitative estimate of drug-likeness (QED) is 0.0529. The SMILES string of the molecule is COCOc1cc(-c2ncc3c(N4CC5CCC(C4)N5C(=O)OC(C)(C)C)nc(OCC4(CN5CC6CC5CN6CC5CCC6(CC5)CCN(C(=O)c5ccc(Cl)c(N7CCC(=O)NC7=O)c5)CC6)CC4)nc3c2F)c2c(C#C[Si](C(C)C)(C(C)C)C(C)C)c(F)ccc2c1. The minimum atomic E-state index is -2.36. The number of fused-ring (bicyclic) bond motifs is 6. The van der Waals surface area contributed by atoms with Crippen molar-refractivity contribution in [1.82, 2.24) is 39.9 Å². The van der Waals surface area contributed by atoms with E-state index in [1.165, 1.54) is 43.8 Å². The standard InChI is InChI=1S/C73H93ClF2N10O8Si/c1-44(2)95(45(3)4,46(5)6)30-20-55-59(75)16-12-48-31-54(93-43-91-10)34-56(62(48)55)64-63(76)65-57(35-77-64)66(83-37-50-13-14-51(38-83)86(50)70(90)94-71(7,8)9)80-68(79-65)92-42-73(23-24-73)41-84-40-52-33-53(84)39-82(52)36-47-17-21-72(22-18-47)25-28-81(29-26-72)67(88)49-11-15-58(74)60(32-49)85-27-19-61(87)78-69(85)89/h11-12,15-16,31-32,34-35,44-47,50-53H,13-14,17-19,21-29,33,36-43H2,1-10H3,(H,78,87,89). The van der Waals surface area contributed by atoms with E-state index in [1.807, 2.05) is 30.6 Å². The lowest BCUT2D eigenvalue weighted by atomic mass is 9.65. The number of benzene rings is 3. The number of rotatable bonds is 17. The predicted molar refractivity (Wildman–Crippen MR) is 367 cm³/mol. The van der Waals surface area contributed by atoms with Crippen molar-refractivity contribution in [3.8, 4) is 34.5 Å². The summed E-state index contributed by atoms with van der Waals surface area (Å²) in [4.78, 5) is 79.8. The number of pyridine rings is 1. The number of hydrogen-bond donors (Lipinski definition) is 1. The van der Waals surface area contributed by atoms with E-state index in [0.717, 1.165) is 71.1 Å².